The van der Waals surface area contributed by atoms with Gasteiger partial charge in [-0.1, -0.05) is 13.3 Å². The van der Waals surface area contributed by atoms with Crippen LogP contribution >= 0.6 is 0 Å². The number of nitrogens with zero attached hydrogens (tertiary/aromatic N) is 2. The number of nitriles is 2. The fourth-order valence-electron chi connectivity index (χ4n) is 2.75. The molecule has 31 heavy (non-hydrogen) atoms. The summed E-state index contributed by atoms with van der Waals surface area (Å²) in [5, 5.41) is 17.7. The third-order valence-electron chi connectivity index (χ3n) is 4.18. The number of alkyl halides is 6. The quantitative estimate of drug-likeness (QED) is 0.487. The lowest BCUT2D eigenvalue weighted by Crippen LogP contribution is -2.25. The second kappa shape index (κ2) is 9.61. The Hall–Kier alpha value is -3.40. The number of hydrogen-bond donors (Lipinski definition) is 0. The maximum absolute atomic E-state index is 13.1. The standard InChI is InChI=1S/C21H16F6N2O2/c1-2-3-17(31-16-7-5-14(11-29)19(9-16)21(25,26)27)12-30-15-6-4-13(10-28)18(8-15)20(22,23)24/h4-9,17H,2-3,12H2,1H3. The number of rotatable bonds is 7. The van der Waals surface area contributed by atoms with Crippen LogP contribution in [0.1, 0.15) is 42.0 Å². The monoisotopic (exact) mass is 442 g/mol. The highest BCUT2D eigenvalue weighted by atomic mass is 19.4. The average molecular weight is 442 g/mol. The van der Waals surface area contributed by atoms with Crippen molar-refractivity contribution in [2.45, 2.75) is 38.2 Å². The van der Waals surface area contributed by atoms with Crippen LogP contribution in [0.15, 0.2) is 36.4 Å². The minimum atomic E-state index is -4.75. The Balaban J connectivity index is 2.20. The Morgan fingerprint density at radius 1 is 0.839 bits per heavy atom. The zero-order valence-electron chi connectivity index (χ0n) is 16.1. The molecule has 0 amide bonds. The van der Waals surface area contributed by atoms with Gasteiger partial charge in [-0.15, -0.1) is 0 Å². The molecule has 0 saturated carbocycles. The lowest BCUT2D eigenvalue weighted by Gasteiger charge is -2.21. The van der Waals surface area contributed by atoms with E-state index in [1.165, 1.54) is 24.3 Å². The molecular formula is C21H16F6N2O2. The predicted molar refractivity (Wildman–Crippen MR) is 97.1 cm³/mol. The lowest BCUT2D eigenvalue weighted by molar-refractivity contribution is -0.138. The van der Waals surface area contributed by atoms with Crippen LogP contribution in [0, 0.1) is 22.7 Å². The molecular weight excluding hydrogens is 426 g/mol. The Kier molecular flexibility index (Phi) is 7.40. The van der Waals surface area contributed by atoms with E-state index in [1.54, 1.807) is 6.92 Å². The van der Waals surface area contributed by atoms with Gasteiger partial charge in [-0.2, -0.15) is 36.9 Å². The van der Waals surface area contributed by atoms with Crippen molar-refractivity contribution in [3.05, 3.63) is 58.7 Å². The molecule has 0 bridgehead atoms. The molecule has 0 aliphatic carbocycles. The molecule has 0 radical (unpaired) electrons. The molecule has 0 aliphatic heterocycles. The van der Waals surface area contributed by atoms with Crippen LogP contribution < -0.4 is 9.47 Å². The van der Waals surface area contributed by atoms with Crippen LogP contribution in [0.4, 0.5) is 26.3 Å². The summed E-state index contributed by atoms with van der Waals surface area (Å²) in [6.07, 6.45) is -9.34. The van der Waals surface area contributed by atoms with E-state index in [1.807, 2.05) is 0 Å². The van der Waals surface area contributed by atoms with Crippen molar-refractivity contribution in [3.8, 4) is 23.6 Å². The first-order valence-corrected chi connectivity index (χ1v) is 9.01. The summed E-state index contributed by atoms with van der Waals surface area (Å²) < 4.78 is 89.5. The smallest absolute Gasteiger partial charge is 0.417 e. The fourth-order valence-corrected chi connectivity index (χ4v) is 2.75. The van der Waals surface area contributed by atoms with Gasteiger partial charge in [-0.3, -0.25) is 0 Å². The molecule has 1 atom stereocenters. The van der Waals surface area contributed by atoms with E-state index in [2.05, 4.69) is 0 Å². The van der Waals surface area contributed by atoms with Crippen LogP contribution in [0.2, 0.25) is 0 Å². The number of hydrogen-bond acceptors (Lipinski definition) is 4. The maximum atomic E-state index is 13.1. The van der Waals surface area contributed by atoms with Crippen LogP contribution in [0.25, 0.3) is 0 Å². The summed E-state index contributed by atoms with van der Waals surface area (Å²) in [6.45, 7) is 1.55. The van der Waals surface area contributed by atoms with Crippen molar-refractivity contribution in [2.75, 3.05) is 6.61 Å². The minimum Gasteiger partial charge on any atom is -0.490 e. The minimum absolute atomic E-state index is 0.149. The second-order valence-electron chi connectivity index (χ2n) is 6.47. The third-order valence-corrected chi connectivity index (χ3v) is 4.18. The summed E-state index contributed by atoms with van der Waals surface area (Å²) in [4.78, 5) is 0. The van der Waals surface area contributed by atoms with Gasteiger partial charge in [0.1, 0.15) is 24.2 Å². The molecule has 0 aromatic heterocycles. The van der Waals surface area contributed by atoms with Gasteiger partial charge in [0.25, 0.3) is 0 Å². The summed E-state index contributed by atoms with van der Waals surface area (Å²) in [5.41, 5.74) is -3.41. The second-order valence-corrected chi connectivity index (χ2v) is 6.47. The van der Waals surface area contributed by atoms with E-state index in [0.29, 0.717) is 25.0 Å². The summed E-state index contributed by atoms with van der Waals surface area (Å²) in [7, 11) is 0. The maximum Gasteiger partial charge on any atom is 0.417 e. The third kappa shape index (κ3) is 6.29. The van der Waals surface area contributed by atoms with Crippen LogP contribution in [0.3, 0.4) is 0 Å². The van der Waals surface area contributed by atoms with Gasteiger partial charge in [0.15, 0.2) is 0 Å². The van der Waals surface area contributed by atoms with Gasteiger partial charge in [0.05, 0.1) is 34.4 Å². The first-order chi connectivity index (χ1) is 14.5. The van der Waals surface area contributed by atoms with Crippen LogP contribution in [0.5, 0.6) is 11.5 Å². The van der Waals surface area contributed by atoms with Crippen molar-refractivity contribution >= 4 is 0 Å². The highest BCUT2D eigenvalue weighted by Gasteiger charge is 2.35. The van der Waals surface area contributed by atoms with E-state index < -0.39 is 40.7 Å². The van der Waals surface area contributed by atoms with Gasteiger partial charge >= 0.3 is 12.4 Å². The molecule has 0 saturated heterocycles. The normalized spacial score (nSPS) is 12.5. The lowest BCUT2D eigenvalue weighted by atomic mass is 10.1. The predicted octanol–water partition coefficient (Wildman–Crippen LogP) is 6.09. The van der Waals surface area contributed by atoms with E-state index in [-0.39, 0.29) is 18.1 Å². The van der Waals surface area contributed by atoms with Crippen molar-refractivity contribution in [2.24, 2.45) is 0 Å². The molecule has 0 fully saturated rings. The number of benzene rings is 2. The van der Waals surface area contributed by atoms with Crippen molar-refractivity contribution in [1.29, 1.82) is 10.5 Å². The SMILES string of the molecule is CCCC(COc1ccc(C#N)c(C(F)(F)F)c1)Oc1ccc(C#N)c(C(F)(F)F)c1. The molecule has 10 heteroatoms. The number of ether oxygens (including phenoxy) is 2. The van der Waals surface area contributed by atoms with Gasteiger partial charge in [-0.05, 0) is 42.8 Å². The van der Waals surface area contributed by atoms with E-state index in [0.717, 1.165) is 12.1 Å². The number of halogens is 6. The Bertz CT molecular complexity index is 1000. The first-order valence-electron chi connectivity index (χ1n) is 9.01. The molecule has 0 spiro atoms. The Labute approximate surface area is 174 Å². The average Bonchev–Trinajstić information content (AvgIpc) is 2.70. The topological polar surface area (TPSA) is 66.0 Å². The molecule has 4 nitrogen and oxygen atoms in total. The van der Waals surface area contributed by atoms with Crippen molar-refractivity contribution < 1.29 is 35.8 Å². The molecule has 0 aliphatic rings. The molecule has 2 rings (SSSR count). The van der Waals surface area contributed by atoms with Gasteiger partial charge in [0, 0.05) is 0 Å². The van der Waals surface area contributed by atoms with Gasteiger partial charge in [0.2, 0.25) is 0 Å². The van der Waals surface area contributed by atoms with Crippen molar-refractivity contribution in [1.82, 2.24) is 0 Å². The zero-order chi connectivity index (χ0) is 23.2. The largest absolute Gasteiger partial charge is 0.490 e. The molecule has 1 unspecified atom stereocenters. The summed E-state index contributed by atoms with van der Waals surface area (Å²) >= 11 is 0. The molecule has 0 N–H and O–H groups in total. The van der Waals surface area contributed by atoms with Gasteiger partial charge < -0.3 is 9.47 Å². The highest BCUT2D eigenvalue weighted by molar-refractivity contribution is 5.45. The fraction of sp³-hybridized carbons (Fsp3) is 0.333. The van der Waals surface area contributed by atoms with E-state index >= 15 is 0 Å². The molecule has 0 heterocycles. The summed E-state index contributed by atoms with van der Waals surface area (Å²) in [6, 6.07) is 8.67. The zero-order valence-corrected chi connectivity index (χ0v) is 16.1. The highest BCUT2D eigenvalue weighted by Crippen LogP contribution is 2.35. The van der Waals surface area contributed by atoms with Crippen LogP contribution in [-0.4, -0.2) is 12.7 Å². The van der Waals surface area contributed by atoms with Crippen LogP contribution in [-0.2, 0) is 12.4 Å². The van der Waals surface area contributed by atoms with Gasteiger partial charge in [-0.25, -0.2) is 0 Å². The Morgan fingerprint density at radius 2 is 1.32 bits per heavy atom. The first kappa shape index (κ1) is 23.9. The molecule has 2 aromatic carbocycles. The molecule has 164 valence electrons. The van der Waals surface area contributed by atoms with E-state index in [4.69, 9.17) is 20.0 Å². The molecule has 2 aromatic rings. The van der Waals surface area contributed by atoms with E-state index in [9.17, 15) is 26.3 Å². The van der Waals surface area contributed by atoms with Crippen molar-refractivity contribution in [3.63, 3.8) is 0 Å². The summed E-state index contributed by atoms with van der Waals surface area (Å²) in [5.74, 6) is -0.309. The Morgan fingerprint density at radius 3 is 1.77 bits per heavy atom.